The molecule has 0 heterocycles. The van der Waals surface area contributed by atoms with E-state index in [1.165, 1.54) is 26.2 Å². The molecule has 23 heavy (non-hydrogen) atoms. The van der Waals surface area contributed by atoms with E-state index >= 15 is 0 Å². The number of rotatable bonds is 5. The molecule has 2 aromatic rings. The maximum atomic E-state index is 12.3. The van der Waals surface area contributed by atoms with Gasteiger partial charge < -0.3 is 9.47 Å². The second-order valence-corrected chi connectivity index (χ2v) is 4.83. The summed E-state index contributed by atoms with van der Waals surface area (Å²) in [6.07, 6.45) is -0.929. The zero-order chi connectivity index (χ0) is 16.8. The third-order valence-corrected chi connectivity index (χ3v) is 3.25. The number of hydrogen-bond donors (Lipinski definition) is 0. The van der Waals surface area contributed by atoms with Crippen molar-refractivity contribution in [2.24, 2.45) is 0 Å². The molecule has 0 fully saturated rings. The van der Waals surface area contributed by atoms with Crippen LogP contribution in [-0.4, -0.2) is 25.0 Å². The molecule has 5 nitrogen and oxygen atoms in total. The van der Waals surface area contributed by atoms with Gasteiger partial charge in [-0.1, -0.05) is 6.07 Å². The number of carbonyl (C=O) groups is 2. The van der Waals surface area contributed by atoms with Crippen molar-refractivity contribution in [3.63, 3.8) is 0 Å². The molecule has 5 heteroatoms. The van der Waals surface area contributed by atoms with Crippen LogP contribution in [0.5, 0.6) is 5.75 Å². The van der Waals surface area contributed by atoms with Gasteiger partial charge in [0, 0.05) is 5.56 Å². The van der Waals surface area contributed by atoms with Gasteiger partial charge in [-0.15, -0.1) is 0 Å². The Morgan fingerprint density at radius 3 is 2.39 bits per heavy atom. The number of ether oxygens (including phenoxy) is 2. The van der Waals surface area contributed by atoms with Crippen LogP contribution in [0.15, 0.2) is 48.5 Å². The van der Waals surface area contributed by atoms with Crippen LogP contribution in [-0.2, 0) is 4.74 Å². The smallest absolute Gasteiger partial charge is 0.338 e. The normalized spacial score (nSPS) is 11.2. The molecule has 1 atom stereocenters. The number of benzene rings is 2. The monoisotopic (exact) mass is 309 g/mol. The molecule has 0 saturated heterocycles. The Labute approximate surface area is 134 Å². The lowest BCUT2D eigenvalue weighted by atomic mass is 10.1. The van der Waals surface area contributed by atoms with Crippen LogP contribution in [0.1, 0.15) is 33.2 Å². The van der Waals surface area contributed by atoms with E-state index in [-0.39, 0.29) is 11.3 Å². The van der Waals surface area contributed by atoms with Gasteiger partial charge in [-0.05, 0) is 49.4 Å². The first-order valence-corrected chi connectivity index (χ1v) is 6.94. The first-order chi connectivity index (χ1) is 11.0. The molecule has 0 aliphatic heterocycles. The van der Waals surface area contributed by atoms with Crippen LogP contribution in [0, 0.1) is 11.3 Å². The molecule has 0 saturated carbocycles. The van der Waals surface area contributed by atoms with Crippen molar-refractivity contribution in [1.82, 2.24) is 0 Å². The van der Waals surface area contributed by atoms with Gasteiger partial charge in [0.15, 0.2) is 6.10 Å². The highest BCUT2D eigenvalue weighted by Crippen LogP contribution is 2.15. The molecule has 0 radical (unpaired) electrons. The van der Waals surface area contributed by atoms with Crippen LogP contribution in [0.25, 0.3) is 0 Å². The predicted molar refractivity (Wildman–Crippen MR) is 83.4 cm³/mol. The van der Waals surface area contributed by atoms with Gasteiger partial charge in [0.05, 0.1) is 24.3 Å². The second-order valence-electron chi connectivity index (χ2n) is 4.83. The molecule has 0 bridgehead atoms. The summed E-state index contributed by atoms with van der Waals surface area (Å²) < 4.78 is 10.2. The molecule has 0 spiro atoms. The summed E-state index contributed by atoms with van der Waals surface area (Å²) in [5.74, 6) is -0.312. The topological polar surface area (TPSA) is 76.4 Å². The minimum atomic E-state index is -0.929. The average Bonchev–Trinajstić information content (AvgIpc) is 2.61. The third kappa shape index (κ3) is 3.95. The molecule has 2 rings (SSSR count). The lowest BCUT2D eigenvalue weighted by Gasteiger charge is -2.12. The summed E-state index contributed by atoms with van der Waals surface area (Å²) in [5, 5.41) is 8.84. The Bertz CT molecular complexity index is 759. The highest BCUT2D eigenvalue weighted by atomic mass is 16.5. The van der Waals surface area contributed by atoms with E-state index in [9.17, 15) is 9.59 Å². The standard InChI is InChI=1S/C18H15NO4/c1-12(17(20)14-6-8-16(22-2)9-7-14)23-18(21)15-5-3-4-13(10-15)11-19/h3-10,12H,1-2H3/t12-/m1/s1. The minimum Gasteiger partial charge on any atom is -0.497 e. The van der Waals surface area contributed by atoms with Crippen LogP contribution in [0.4, 0.5) is 0 Å². The van der Waals surface area contributed by atoms with Crippen molar-refractivity contribution < 1.29 is 19.1 Å². The van der Waals surface area contributed by atoms with Crippen molar-refractivity contribution in [3.8, 4) is 11.8 Å². The Morgan fingerprint density at radius 2 is 1.78 bits per heavy atom. The lowest BCUT2D eigenvalue weighted by Crippen LogP contribution is -2.24. The Hall–Kier alpha value is -3.13. The van der Waals surface area contributed by atoms with Gasteiger partial charge in [-0.3, -0.25) is 4.79 Å². The molecule has 116 valence electrons. The summed E-state index contributed by atoms with van der Waals surface area (Å²) >= 11 is 0. The summed E-state index contributed by atoms with van der Waals surface area (Å²) in [5.41, 5.74) is 1.02. The molecular formula is C18H15NO4. The van der Waals surface area contributed by atoms with E-state index in [0.717, 1.165) is 0 Å². The summed E-state index contributed by atoms with van der Waals surface area (Å²) in [7, 11) is 1.54. The van der Waals surface area contributed by atoms with Gasteiger partial charge in [-0.2, -0.15) is 5.26 Å². The molecule has 0 N–H and O–H groups in total. The number of nitrogens with zero attached hydrogens (tertiary/aromatic N) is 1. The molecule has 0 unspecified atom stereocenters. The number of esters is 1. The molecule has 0 aliphatic rings. The maximum absolute atomic E-state index is 12.3. The molecule has 0 aromatic heterocycles. The Balaban J connectivity index is 2.07. The SMILES string of the molecule is COc1ccc(C(=O)[C@@H](C)OC(=O)c2cccc(C#N)c2)cc1. The predicted octanol–water partition coefficient (Wildman–Crippen LogP) is 3.00. The summed E-state index contributed by atoms with van der Waals surface area (Å²) in [6, 6.07) is 14.6. The van der Waals surface area contributed by atoms with Crippen LogP contribution >= 0.6 is 0 Å². The average molecular weight is 309 g/mol. The van der Waals surface area contributed by atoms with E-state index in [2.05, 4.69) is 0 Å². The van der Waals surface area contributed by atoms with Gasteiger partial charge in [0.25, 0.3) is 0 Å². The fourth-order valence-corrected chi connectivity index (χ4v) is 1.99. The van der Waals surface area contributed by atoms with Crippen LogP contribution in [0.2, 0.25) is 0 Å². The largest absolute Gasteiger partial charge is 0.497 e. The third-order valence-electron chi connectivity index (χ3n) is 3.25. The zero-order valence-electron chi connectivity index (χ0n) is 12.8. The number of methoxy groups -OCH3 is 1. The number of carbonyl (C=O) groups excluding carboxylic acids is 2. The quantitative estimate of drug-likeness (QED) is 0.627. The van der Waals surface area contributed by atoms with E-state index in [0.29, 0.717) is 16.9 Å². The summed E-state index contributed by atoms with van der Waals surface area (Å²) in [6.45, 7) is 1.51. The lowest BCUT2D eigenvalue weighted by molar-refractivity contribution is 0.0319. The highest BCUT2D eigenvalue weighted by molar-refractivity contribution is 6.01. The van der Waals surface area contributed by atoms with Crippen molar-refractivity contribution in [3.05, 3.63) is 65.2 Å². The van der Waals surface area contributed by atoms with E-state index < -0.39 is 12.1 Å². The van der Waals surface area contributed by atoms with Gasteiger partial charge in [-0.25, -0.2) is 4.79 Å². The minimum absolute atomic E-state index is 0.235. The van der Waals surface area contributed by atoms with Crippen LogP contribution in [0.3, 0.4) is 0 Å². The first kappa shape index (κ1) is 16.2. The van der Waals surface area contributed by atoms with E-state index in [1.54, 1.807) is 36.4 Å². The first-order valence-electron chi connectivity index (χ1n) is 6.94. The Morgan fingerprint density at radius 1 is 1.09 bits per heavy atom. The van der Waals surface area contributed by atoms with Crippen molar-refractivity contribution in [2.75, 3.05) is 7.11 Å². The van der Waals surface area contributed by atoms with E-state index in [4.69, 9.17) is 14.7 Å². The molecule has 0 aliphatic carbocycles. The fraction of sp³-hybridized carbons (Fsp3) is 0.167. The van der Waals surface area contributed by atoms with Crippen LogP contribution < -0.4 is 4.74 Å². The molecule has 2 aromatic carbocycles. The second kappa shape index (κ2) is 7.23. The molecular weight excluding hydrogens is 294 g/mol. The van der Waals surface area contributed by atoms with Gasteiger partial charge in [0.1, 0.15) is 5.75 Å². The van der Waals surface area contributed by atoms with Crippen molar-refractivity contribution in [2.45, 2.75) is 13.0 Å². The van der Waals surface area contributed by atoms with E-state index in [1.807, 2.05) is 6.07 Å². The fourth-order valence-electron chi connectivity index (χ4n) is 1.99. The Kier molecular flexibility index (Phi) is 5.11. The van der Waals surface area contributed by atoms with Crippen molar-refractivity contribution in [1.29, 1.82) is 5.26 Å². The number of nitriles is 1. The zero-order valence-corrected chi connectivity index (χ0v) is 12.8. The van der Waals surface area contributed by atoms with Gasteiger partial charge >= 0.3 is 5.97 Å². The summed E-state index contributed by atoms with van der Waals surface area (Å²) in [4.78, 5) is 24.3. The number of ketones is 1. The maximum Gasteiger partial charge on any atom is 0.338 e. The molecule has 0 amide bonds. The highest BCUT2D eigenvalue weighted by Gasteiger charge is 2.20. The van der Waals surface area contributed by atoms with Gasteiger partial charge in [0.2, 0.25) is 5.78 Å². The number of hydrogen-bond acceptors (Lipinski definition) is 5. The number of Topliss-reactive ketones (excluding diaryl/α,β-unsaturated/α-hetero) is 1. The van der Waals surface area contributed by atoms with Crippen molar-refractivity contribution >= 4 is 11.8 Å².